The third kappa shape index (κ3) is 2.04. The minimum atomic E-state index is 0.499. The van der Waals surface area contributed by atoms with Gasteiger partial charge in [0.15, 0.2) is 0 Å². The van der Waals surface area contributed by atoms with Crippen LogP contribution in [0.25, 0.3) is 0 Å². The Morgan fingerprint density at radius 3 is 2.89 bits per heavy atom. The minimum Gasteiger partial charge on any atom is -0.306 e. The molecule has 19 heavy (non-hydrogen) atoms. The smallest absolute Gasteiger partial charge is 0.0399 e. The lowest BCUT2D eigenvalue weighted by Crippen LogP contribution is -2.40. The van der Waals surface area contributed by atoms with E-state index in [0.29, 0.717) is 6.04 Å². The Hall–Kier alpha value is 0.140. The maximum atomic E-state index is 3.95. The zero-order valence-corrected chi connectivity index (χ0v) is 13.8. The third-order valence-corrected chi connectivity index (χ3v) is 7.98. The van der Waals surface area contributed by atoms with Crippen molar-refractivity contribution in [3.63, 3.8) is 0 Å². The van der Waals surface area contributed by atoms with Crippen LogP contribution in [-0.2, 0) is 0 Å². The topological polar surface area (TPSA) is 12.0 Å². The van der Waals surface area contributed by atoms with Crippen molar-refractivity contribution >= 4 is 27.3 Å². The van der Waals surface area contributed by atoms with Crippen LogP contribution in [-0.4, -0.2) is 6.04 Å². The van der Waals surface area contributed by atoms with E-state index in [9.17, 15) is 0 Å². The summed E-state index contributed by atoms with van der Waals surface area (Å²) in [6.07, 6.45) is 7.51. The quantitative estimate of drug-likeness (QED) is 0.818. The maximum Gasteiger partial charge on any atom is 0.0399 e. The molecule has 1 aromatic rings. The molecule has 1 nitrogen and oxygen atoms in total. The van der Waals surface area contributed by atoms with Gasteiger partial charge in [0, 0.05) is 21.4 Å². The number of halogens is 1. The van der Waals surface area contributed by atoms with E-state index in [2.05, 4.69) is 39.6 Å². The van der Waals surface area contributed by atoms with E-state index in [1.807, 2.05) is 11.3 Å². The van der Waals surface area contributed by atoms with E-state index in [1.54, 1.807) is 0 Å². The first-order valence-electron chi connectivity index (χ1n) is 7.73. The SMILES string of the molecule is CC(NC1CC2CC1C1CCCC21)c1sccc1Br. The van der Waals surface area contributed by atoms with Crippen molar-refractivity contribution in [3.8, 4) is 0 Å². The van der Waals surface area contributed by atoms with Gasteiger partial charge in [-0.3, -0.25) is 0 Å². The molecule has 2 bridgehead atoms. The van der Waals surface area contributed by atoms with E-state index in [-0.39, 0.29) is 0 Å². The lowest BCUT2D eigenvalue weighted by molar-refractivity contribution is 0.200. The molecule has 3 saturated carbocycles. The molecule has 0 aliphatic heterocycles. The van der Waals surface area contributed by atoms with E-state index in [4.69, 9.17) is 0 Å². The van der Waals surface area contributed by atoms with Gasteiger partial charge < -0.3 is 5.32 Å². The van der Waals surface area contributed by atoms with Crippen LogP contribution >= 0.6 is 27.3 Å². The van der Waals surface area contributed by atoms with Crippen LogP contribution in [0.1, 0.15) is 49.9 Å². The molecule has 0 spiro atoms. The Kier molecular flexibility index (Phi) is 3.28. The molecule has 6 unspecified atom stereocenters. The fourth-order valence-electron chi connectivity index (χ4n) is 5.27. The Bertz CT molecular complexity index is 471. The molecule has 0 radical (unpaired) electrons. The number of hydrogen-bond acceptors (Lipinski definition) is 2. The average molecular weight is 340 g/mol. The summed E-state index contributed by atoms with van der Waals surface area (Å²) in [7, 11) is 0. The molecule has 1 N–H and O–H groups in total. The summed E-state index contributed by atoms with van der Waals surface area (Å²) in [5.74, 6) is 4.20. The van der Waals surface area contributed by atoms with Crippen LogP contribution in [0.2, 0.25) is 0 Å². The number of thiophene rings is 1. The van der Waals surface area contributed by atoms with Gasteiger partial charge in [-0.25, -0.2) is 0 Å². The summed E-state index contributed by atoms with van der Waals surface area (Å²) >= 11 is 5.54. The molecule has 0 aromatic carbocycles. The second kappa shape index (κ2) is 4.85. The summed E-state index contributed by atoms with van der Waals surface area (Å²) in [6, 6.07) is 3.46. The van der Waals surface area contributed by atoms with Crippen molar-refractivity contribution in [2.75, 3.05) is 0 Å². The van der Waals surface area contributed by atoms with Crippen LogP contribution in [0, 0.1) is 23.7 Å². The molecule has 3 heteroatoms. The summed E-state index contributed by atoms with van der Waals surface area (Å²) < 4.78 is 1.28. The Labute approximate surface area is 128 Å². The van der Waals surface area contributed by atoms with Gasteiger partial charge in [-0.2, -0.15) is 0 Å². The molecule has 4 rings (SSSR count). The highest BCUT2D eigenvalue weighted by molar-refractivity contribution is 9.10. The molecule has 0 amide bonds. The molecule has 1 heterocycles. The summed E-state index contributed by atoms with van der Waals surface area (Å²) in [5.41, 5.74) is 0. The van der Waals surface area contributed by atoms with Gasteiger partial charge in [0.1, 0.15) is 0 Å². The lowest BCUT2D eigenvalue weighted by Gasteiger charge is -2.34. The van der Waals surface area contributed by atoms with Gasteiger partial charge in [0.2, 0.25) is 0 Å². The summed E-state index contributed by atoms with van der Waals surface area (Å²) in [4.78, 5) is 1.46. The molecule has 0 saturated heterocycles. The molecular formula is C16H22BrNS. The lowest BCUT2D eigenvalue weighted by atomic mass is 9.79. The molecule has 3 aliphatic rings. The van der Waals surface area contributed by atoms with Gasteiger partial charge in [0.25, 0.3) is 0 Å². The first-order chi connectivity index (χ1) is 9.24. The van der Waals surface area contributed by atoms with E-state index in [0.717, 1.165) is 29.7 Å². The normalized spacial score (nSPS) is 41.7. The highest BCUT2D eigenvalue weighted by Gasteiger charge is 2.53. The Balaban J connectivity index is 1.46. The van der Waals surface area contributed by atoms with Crippen molar-refractivity contribution < 1.29 is 0 Å². The predicted molar refractivity (Wildman–Crippen MR) is 84.4 cm³/mol. The van der Waals surface area contributed by atoms with Crippen LogP contribution in [0.5, 0.6) is 0 Å². The fourth-order valence-corrected chi connectivity index (χ4v) is 7.01. The van der Waals surface area contributed by atoms with E-state index < -0.39 is 0 Å². The molecular weight excluding hydrogens is 318 g/mol. The Morgan fingerprint density at radius 2 is 2.11 bits per heavy atom. The van der Waals surface area contributed by atoms with Crippen molar-refractivity contribution in [3.05, 3.63) is 20.8 Å². The molecule has 3 fully saturated rings. The predicted octanol–water partition coefficient (Wildman–Crippen LogP) is 4.99. The van der Waals surface area contributed by atoms with Gasteiger partial charge >= 0.3 is 0 Å². The number of fused-ring (bicyclic) bond motifs is 5. The highest BCUT2D eigenvalue weighted by Crippen LogP contribution is 2.58. The number of nitrogens with one attached hydrogen (secondary N) is 1. The second-order valence-corrected chi connectivity index (χ2v) is 8.58. The largest absolute Gasteiger partial charge is 0.306 e. The molecule has 1 aromatic heterocycles. The fraction of sp³-hybridized carbons (Fsp3) is 0.750. The number of hydrogen-bond donors (Lipinski definition) is 1. The van der Waals surface area contributed by atoms with Crippen molar-refractivity contribution in [1.82, 2.24) is 5.32 Å². The van der Waals surface area contributed by atoms with Crippen LogP contribution in [0.4, 0.5) is 0 Å². The van der Waals surface area contributed by atoms with Crippen LogP contribution in [0.15, 0.2) is 15.9 Å². The van der Waals surface area contributed by atoms with Crippen LogP contribution in [0.3, 0.4) is 0 Å². The second-order valence-electron chi connectivity index (χ2n) is 6.78. The first kappa shape index (κ1) is 12.8. The van der Waals surface area contributed by atoms with Gasteiger partial charge in [-0.15, -0.1) is 11.3 Å². The van der Waals surface area contributed by atoms with Crippen molar-refractivity contribution in [2.45, 2.75) is 51.1 Å². The zero-order chi connectivity index (χ0) is 13.0. The monoisotopic (exact) mass is 339 g/mol. The van der Waals surface area contributed by atoms with E-state index >= 15 is 0 Å². The molecule has 104 valence electrons. The summed E-state index contributed by atoms with van der Waals surface area (Å²) in [5, 5.41) is 6.13. The van der Waals surface area contributed by atoms with Gasteiger partial charge in [0.05, 0.1) is 0 Å². The van der Waals surface area contributed by atoms with Crippen molar-refractivity contribution in [1.29, 1.82) is 0 Å². The van der Waals surface area contributed by atoms with Gasteiger partial charge in [-0.05, 0) is 83.7 Å². The van der Waals surface area contributed by atoms with Crippen molar-refractivity contribution in [2.24, 2.45) is 23.7 Å². The zero-order valence-electron chi connectivity index (χ0n) is 11.4. The minimum absolute atomic E-state index is 0.499. The third-order valence-electron chi connectivity index (χ3n) is 5.93. The maximum absolute atomic E-state index is 3.95. The molecule has 6 atom stereocenters. The van der Waals surface area contributed by atoms with Crippen LogP contribution < -0.4 is 5.32 Å². The van der Waals surface area contributed by atoms with E-state index in [1.165, 1.54) is 41.5 Å². The Morgan fingerprint density at radius 1 is 1.26 bits per heavy atom. The molecule has 3 aliphatic carbocycles. The van der Waals surface area contributed by atoms with Gasteiger partial charge in [-0.1, -0.05) is 6.42 Å². The highest BCUT2D eigenvalue weighted by atomic mass is 79.9. The standard InChI is InChI=1S/C16H22BrNS/c1-9(16-14(17)5-6-19-16)18-15-8-10-7-13(15)12-4-2-3-11(10)12/h5-6,9-13,15,18H,2-4,7-8H2,1H3. The first-order valence-corrected chi connectivity index (χ1v) is 9.40. The average Bonchev–Trinajstić information content (AvgIpc) is 3.07. The summed E-state index contributed by atoms with van der Waals surface area (Å²) in [6.45, 7) is 2.33. The number of rotatable bonds is 3.